The first-order chi connectivity index (χ1) is 15.2. The summed E-state index contributed by atoms with van der Waals surface area (Å²) in [6.07, 6.45) is 4.78. The molecule has 1 atom stereocenters. The SMILES string of the molecule is CCOC(=O)Cc1cnc(NC(=O)c2sc3nc4c(cc3c2N)C[C@@H](C(C)(C)C)CC4)s1. The highest BCUT2D eigenvalue weighted by Crippen LogP contribution is 2.40. The van der Waals surface area contributed by atoms with Gasteiger partial charge in [0.05, 0.1) is 18.7 Å². The second-order valence-electron chi connectivity index (χ2n) is 9.17. The van der Waals surface area contributed by atoms with Crippen molar-refractivity contribution in [2.75, 3.05) is 17.7 Å². The number of amides is 1. The minimum absolute atomic E-state index is 0.136. The molecule has 0 bridgehead atoms. The van der Waals surface area contributed by atoms with Gasteiger partial charge in [0, 0.05) is 22.2 Å². The number of aryl methyl sites for hydroxylation is 1. The van der Waals surface area contributed by atoms with E-state index in [1.165, 1.54) is 28.2 Å². The van der Waals surface area contributed by atoms with Crippen LogP contribution in [0, 0.1) is 11.3 Å². The molecule has 0 saturated heterocycles. The van der Waals surface area contributed by atoms with E-state index in [2.05, 4.69) is 37.1 Å². The summed E-state index contributed by atoms with van der Waals surface area (Å²) in [5.41, 5.74) is 9.45. The van der Waals surface area contributed by atoms with Gasteiger partial charge in [-0.25, -0.2) is 9.97 Å². The summed E-state index contributed by atoms with van der Waals surface area (Å²) in [6.45, 7) is 8.95. The predicted octanol–water partition coefficient (Wildman–Crippen LogP) is 4.84. The number of nitrogens with one attached hydrogen (secondary N) is 1. The summed E-state index contributed by atoms with van der Waals surface area (Å²) in [4.78, 5) is 35.6. The smallest absolute Gasteiger partial charge is 0.311 e. The normalized spacial score (nSPS) is 16.1. The van der Waals surface area contributed by atoms with Gasteiger partial charge in [-0.3, -0.25) is 14.9 Å². The Morgan fingerprint density at radius 3 is 2.81 bits per heavy atom. The molecule has 3 aromatic heterocycles. The molecule has 1 amide bonds. The molecule has 3 aromatic rings. The third kappa shape index (κ3) is 4.63. The highest BCUT2D eigenvalue weighted by Gasteiger charge is 2.30. The van der Waals surface area contributed by atoms with Gasteiger partial charge >= 0.3 is 5.97 Å². The van der Waals surface area contributed by atoms with Gasteiger partial charge in [0.2, 0.25) is 0 Å². The molecule has 32 heavy (non-hydrogen) atoms. The summed E-state index contributed by atoms with van der Waals surface area (Å²) < 4.78 is 4.95. The van der Waals surface area contributed by atoms with Gasteiger partial charge in [-0.2, -0.15) is 0 Å². The first-order valence-corrected chi connectivity index (χ1v) is 12.4. The summed E-state index contributed by atoms with van der Waals surface area (Å²) >= 11 is 2.56. The minimum atomic E-state index is -0.313. The van der Waals surface area contributed by atoms with Gasteiger partial charge in [0.1, 0.15) is 9.71 Å². The number of thiophene rings is 1. The molecule has 3 N–H and O–H groups in total. The third-order valence-corrected chi connectivity index (χ3v) is 7.94. The van der Waals surface area contributed by atoms with Crippen molar-refractivity contribution in [3.63, 3.8) is 0 Å². The Morgan fingerprint density at radius 1 is 1.31 bits per heavy atom. The fourth-order valence-corrected chi connectivity index (χ4v) is 5.84. The molecule has 0 saturated carbocycles. The molecule has 7 nitrogen and oxygen atoms in total. The molecule has 0 fully saturated rings. The number of pyridine rings is 1. The number of hydrogen-bond donors (Lipinski definition) is 2. The van der Waals surface area contributed by atoms with Crippen LogP contribution >= 0.6 is 22.7 Å². The molecule has 170 valence electrons. The van der Waals surface area contributed by atoms with Gasteiger partial charge in [0.25, 0.3) is 5.91 Å². The van der Waals surface area contributed by atoms with Gasteiger partial charge in [-0.05, 0) is 49.1 Å². The molecule has 1 aliphatic rings. The van der Waals surface area contributed by atoms with Crippen molar-refractivity contribution in [1.29, 1.82) is 0 Å². The largest absolute Gasteiger partial charge is 0.466 e. The van der Waals surface area contributed by atoms with Crippen LogP contribution in [0.3, 0.4) is 0 Å². The lowest BCUT2D eigenvalue weighted by Gasteiger charge is -2.34. The van der Waals surface area contributed by atoms with E-state index in [-0.39, 0.29) is 23.7 Å². The zero-order valence-corrected chi connectivity index (χ0v) is 20.4. The third-order valence-electron chi connectivity index (χ3n) is 5.91. The molecular formula is C23H28N4O3S2. The molecule has 3 heterocycles. The molecule has 0 aromatic carbocycles. The molecule has 0 aliphatic heterocycles. The molecule has 0 radical (unpaired) electrons. The van der Waals surface area contributed by atoms with Crippen LogP contribution < -0.4 is 11.1 Å². The van der Waals surface area contributed by atoms with E-state index in [4.69, 9.17) is 15.5 Å². The van der Waals surface area contributed by atoms with Crippen molar-refractivity contribution < 1.29 is 14.3 Å². The van der Waals surface area contributed by atoms with E-state index in [9.17, 15) is 9.59 Å². The zero-order valence-electron chi connectivity index (χ0n) is 18.8. The van der Waals surface area contributed by atoms with E-state index in [1.54, 1.807) is 13.1 Å². The number of aromatic nitrogens is 2. The van der Waals surface area contributed by atoms with E-state index in [0.29, 0.717) is 28.2 Å². The van der Waals surface area contributed by atoms with Crippen LogP contribution in [0.2, 0.25) is 0 Å². The Morgan fingerprint density at radius 2 is 2.09 bits per heavy atom. The number of hydrogen-bond acceptors (Lipinski definition) is 8. The standard InChI is InChI=1S/C23H28N4O3S2/c1-5-30-17(28)10-14-11-25-22(31-14)27-20(29)19-18(24)15-9-12-8-13(23(2,3)4)6-7-16(12)26-21(15)32-19/h9,11,13H,5-8,10,24H2,1-4H3,(H,25,27,29)/t13-/m0/s1. The lowest BCUT2D eigenvalue weighted by Crippen LogP contribution is -2.27. The van der Waals surface area contributed by atoms with Crippen LogP contribution in [0.1, 0.15) is 59.9 Å². The van der Waals surface area contributed by atoms with Crippen LogP contribution in [-0.4, -0.2) is 28.5 Å². The maximum atomic E-state index is 12.9. The summed E-state index contributed by atoms with van der Waals surface area (Å²) in [6, 6.07) is 2.12. The summed E-state index contributed by atoms with van der Waals surface area (Å²) in [7, 11) is 0. The van der Waals surface area contributed by atoms with Crippen LogP contribution in [0.4, 0.5) is 10.8 Å². The molecule has 1 aliphatic carbocycles. The first-order valence-electron chi connectivity index (χ1n) is 10.8. The quantitative estimate of drug-likeness (QED) is 0.514. The van der Waals surface area contributed by atoms with E-state index in [0.717, 1.165) is 40.1 Å². The van der Waals surface area contributed by atoms with Crippen molar-refractivity contribution in [2.24, 2.45) is 11.3 Å². The Bertz CT molecular complexity index is 1180. The summed E-state index contributed by atoms with van der Waals surface area (Å²) in [5, 5.41) is 4.07. The second kappa shape index (κ2) is 8.78. The van der Waals surface area contributed by atoms with Gasteiger partial charge in [-0.1, -0.05) is 20.8 Å². The Balaban J connectivity index is 1.54. The van der Waals surface area contributed by atoms with Crippen LogP contribution in [0.5, 0.6) is 0 Å². The fraction of sp³-hybridized carbons (Fsp3) is 0.478. The minimum Gasteiger partial charge on any atom is -0.466 e. The number of thiazole rings is 1. The molecule has 0 spiro atoms. The summed E-state index contributed by atoms with van der Waals surface area (Å²) in [5.74, 6) is -0.0230. The zero-order chi connectivity index (χ0) is 23.0. The van der Waals surface area contributed by atoms with Gasteiger partial charge in [-0.15, -0.1) is 22.7 Å². The van der Waals surface area contributed by atoms with Crippen LogP contribution in [0.25, 0.3) is 10.2 Å². The number of carbonyl (C=O) groups excluding carboxylic acids is 2. The van der Waals surface area contributed by atoms with Crippen molar-refractivity contribution >= 4 is 55.6 Å². The number of anilines is 2. The van der Waals surface area contributed by atoms with Crippen molar-refractivity contribution in [3.8, 4) is 0 Å². The van der Waals surface area contributed by atoms with Crippen molar-refractivity contribution in [2.45, 2.75) is 53.4 Å². The average molecular weight is 473 g/mol. The number of carbonyl (C=O) groups is 2. The predicted molar refractivity (Wildman–Crippen MR) is 129 cm³/mol. The number of ether oxygens (including phenoxy) is 1. The average Bonchev–Trinajstić information content (AvgIpc) is 3.29. The van der Waals surface area contributed by atoms with Crippen molar-refractivity contribution in [3.05, 3.63) is 33.3 Å². The fourth-order valence-electron chi connectivity index (χ4n) is 4.05. The second-order valence-corrected chi connectivity index (χ2v) is 11.3. The molecule has 4 rings (SSSR count). The van der Waals surface area contributed by atoms with Crippen LogP contribution in [-0.2, 0) is 28.8 Å². The Labute approximate surface area is 195 Å². The highest BCUT2D eigenvalue weighted by molar-refractivity contribution is 7.21. The molecule has 9 heteroatoms. The number of nitrogens with two attached hydrogens (primary N) is 1. The van der Waals surface area contributed by atoms with Crippen molar-refractivity contribution in [1.82, 2.24) is 9.97 Å². The number of nitrogens with zero attached hydrogens (tertiary/aromatic N) is 2. The molecular weight excluding hydrogens is 444 g/mol. The lowest BCUT2D eigenvalue weighted by atomic mass is 9.71. The topological polar surface area (TPSA) is 107 Å². The Kier molecular flexibility index (Phi) is 6.22. The number of fused-ring (bicyclic) bond motifs is 2. The first kappa shape index (κ1) is 22.7. The number of rotatable bonds is 5. The van der Waals surface area contributed by atoms with E-state index >= 15 is 0 Å². The number of esters is 1. The maximum absolute atomic E-state index is 12.9. The monoisotopic (exact) mass is 472 g/mol. The maximum Gasteiger partial charge on any atom is 0.311 e. The Hall–Kier alpha value is -2.52. The van der Waals surface area contributed by atoms with Gasteiger partial charge in [0.15, 0.2) is 5.13 Å². The molecule has 0 unspecified atom stereocenters. The van der Waals surface area contributed by atoms with Crippen LogP contribution in [0.15, 0.2) is 12.3 Å². The number of nitrogen functional groups attached to an aromatic ring is 1. The lowest BCUT2D eigenvalue weighted by molar-refractivity contribution is -0.142. The highest BCUT2D eigenvalue weighted by atomic mass is 32.1. The van der Waals surface area contributed by atoms with Gasteiger partial charge < -0.3 is 10.5 Å². The van der Waals surface area contributed by atoms with E-state index < -0.39 is 0 Å². The van der Waals surface area contributed by atoms with E-state index in [1.807, 2.05) is 0 Å².